The van der Waals surface area contributed by atoms with Crippen LogP contribution in [0.25, 0.3) is 11.1 Å². The van der Waals surface area contributed by atoms with Crippen molar-refractivity contribution in [2.45, 2.75) is 97.9 Å². The Morgan fingerprint density at radius 3 is 1.34 bits per heavy atom. The first kappa shape index (κ1) is 46.8. The minimum absolute atomic E-state index is 0.00144. The molecular weight excluding hydrogens is 750 g/mol. The van der Waals surface area contributed by atoms with Crippen molar-refractivity contribution in [3.05, 3.63) is 59.7 Å². The fourth-order valence-corrected chi connectivity index (χ4v) is 5.93. The van der Waals surface area contributed by atoms with E-state index in [-0.39, 0.29) is 77.7 Å². The number of fused-ring (bicyclic) bond motifs is 3. The molecule has 0 saturated heterocycles. The predicted molar refractivity (Wildman–Crippen MR) is 216 cm³/mol. The number of benzene rings is 2. The van der Waals surface area contributed by atoms with Gasteiger partial charge in [0.2, 0.25) is 5.91 Å². The van der Waals surface area contributed by atoms with Gasteiger partial charge in [-0.1, -0.05) is 48.5 Å². The summed E-state index contributed by atoms with van der Waals surface area (Å²) in [6.45, 7) is 15.5. The van der Waals surface area contributed by atoms with Gasteiger partial charge >= 0.3 is 30.3 Å². The molecule has 16 nitrogen and oxygen atoms in total. The molecule has 2 aromatic carbocycles. The molecule has 0 bridgehead atoms. The molecule has 58 heavy (non-hydrogen) atoms. The van der Waals surface area contributed by atoms with Gasteiger partial charge in [-0.25, -0.2) is 19.2 Å². The summed E-state index contributed by atoms with van der Waals surface area (Å²) >= 11 is 0. The lowest BCUT2D eigenvalue weighted by atomic mass is 9.98. The summed E-state index contributed by atoms with van der Waals surface area (Å²) in [5, 5.41) is 14.2. The summed E-state index contributed by atoms with van der Waals surface area (Å²) in [5.74, 6) is -1.72. The first-order valence-electron chi connectivity index (χ1n) is 19.5. The van der Waals surface area contributed by atoms with Crippen molar-refractivity contribution < 1.29 is 52.8 Å². The fraction of sp³-hybridized carbons (Fsp3) is 0.571. The van der Waals surface area contributed by atoms with Gasteiger partial charge in [0.25, 0.3) is 0 Å². The summed E-state index contributed by atoms with van der Waals surface area (Å²) in [5.41, 5.74) is 1.84. The monoisotopic (exact) mass is 811 g/mol. The number of carboxylic acid groups (broad SMARTS) is 1. The molecule has 320 valence electrons. The van der Waals surface area contributed by atoms with Gasteiger partial charge in [0, 0.05) is 64.7 Å². The normalized spacial score (nSPS) is 12.4. The number of carboxylic acids is 1. The number of alkyl carbamates (subject to hydrolysis) is 1. The second-order valence-corrected chi connectivity index (χ2v) is 16.9. The maximum absolute atomic E-state index is 13.5. The topological polar surface area (TPSA) is 193 Å². The number of hydrogen-bond acceptors (Lipinski definition) is 10. The Labute approximate surface area is 341 Å². The Morgan fingerprint density at radius 2 is 0.948 bits per heavy atom. The summed E-state index contributed by atoms with van der Waals surface area (Å²) in [7, 11) is 0. The van der Waals surface area contributed by atoms with Crippen LogP contribution >= 0.6 is 0 Å². The van der Waals surface area contributed by atoms with E-state index >= 15 is 0 Å². The summed E-state index contributed by atoms with van der Waals surface area (Å²) in [4.78, 5) is 80.1. The highest BCUT2D eigenvalue weighted by molar-refractivity contribution is 5.81. The number of carbonyl (C=O) groups excluding carboxylic acids is 5. The second-order valence-electron chi connectivity index (χ2n) is 16.9. The summed E-state index contributed by atoms with van der Waals surface area (Å²) in [6, 6.07) is 16.0. The highest BCUT2D eigenvalue weighted by Gasteiger charge is 2.31. The molecule has 0 atom stereocenters. The molecule has 1 aliphatic carbocycles. The van der Waals surface area contributed by atoms with E-state index in [1.54, 1.807) is 62.3 Å². The molecule has 0 spiro atoms. The number of aliphatic carboxylic acids is 1. The highest BCUT2D eigenvalue weighted by Crippen LogP contribution is 2.44. The zero-order valence-electron chi connectivity index (χ0n) is 35.3. The number of nitrogens with one attached hydrogen (secondary N) is 2. The van der Waals surface area contributed by atoms with E-state index in [0.717, 1.165) is 22.3 Å². The van der Waals surface area contributed by atoms with Crippen LogP contribution in [0.2, 0.25) is 0 Å². The van der Waals surface area contributed by atoms with Crippen molar-refractivity contribution in [3.63, 3.8) is 0 Å². The van der Waals surface area contributed by atoms with E-state index in [9.17, 15) is 28.8 Å². The van der Waals surface area contributed by atoms with Crippen molar-refractivity contribution >= 4 is 36.2 Å². The van der Waals surface area contributed by atoms with Crippen molar-refractivity contribution in [2.24, 2.45) is 0 Å². The molecule has 3 rings (SSSR count). The molecule has 5 amide bonds. The standard InChI is InChI=1S/C42H61N5O11/c1-40(2,3)56-37(52)45(22-20-43-34(48)18-19-35(49)50)24-26-47(39(54)58-42(7,8)9)27-25-46(38(53)57-41(4,5)6)23-21-44-36(51)55-28-33-31-16-12-10-14-29(31)30-15-11-13-17-32(30)33/h10-17,33H,18-28H2,1-9H3,(H,43,48)(H,44,51)(H,49,50). The van der Waals surface area contributed by atoms with E-state index in [0.29, 0.717) is 0 Å². The smallest absolute Gasteiger partial charge is 0.410 e. The van der Waals surface area contributed by atoms with Crippen LogP contribution in [0, 0.1) is 0 Å². The quantitative estimate of drug-likeness (QED) is 0.154. The van der Waals surface area contributed by atoms with E-state index < -0.39 is 53.1 Å². The van der Waals surface area contributed by atoms with Crippen LogP contribution in [0.5, 0.6) is 0 Å². The molecule has 1 aliphatic rings. The first-order valence-corrected chi connectivity index (χ1v) is 19.5. The fourth-order valence-electron chi connectivity index (χ4n) is 5.93. The lowest BCUT2D eigenvalue weighted by molar-refractivity contribution is -0.138. The number of nitrogens with zero attached hydrogens (tertiary/aromatic N) is 3. The Hall–Kier alpha value is -5.54. The third-order valence-corrected chi connectivity index (χ3v) is 8.50. The first-order chi connectivity index (χ1) is 27.0. The van der Waals surface area contributed by atoms with Crippen LogP contribution in [-0.4, -0.2) is 132 Å². The lowest BCUT2D eigenvalue weighted by Crippen LogP contribution is -2.49. The minimum atomic E-state index is -1.11. The maximum atomic E-state index is 13.5. The molecule has 0 radical (unpaired) electrons. The molecule has 0 fully saturated rings. The maximum Gasteiger partial charge on any atom is 0.410 e. The van der Waals surface area contributed by atoms with Crippen molar-refractivity contribution in [1.29, 1.82) is 0 Å². The zero-order valence-corrected chi connectivity index (χ0v) is 35.3. The average molecular weight is 812 g/mol. The van der Waals surface area contributed by atoms with Gasteiger partial charge in [0.15, 0.2) is 0 Å². The van der Waals surface area contributed by atoms with E-state index in [2.05, 4.69) is 22.8 Å². The van der Waals surface area contributed by atoms with Crippen LogP contribution < -0.4 is 10.6 Å². The van der Waals surface area contributed by atoms with Crippen molar-refractivity contribution in [2.75, 3.05) is 59.0 Å². The van der Waals surface area contributed by atoms with E-state index in [4.69, 9.17) is 24.1 Å². The number of ether oxygens (including phenoxy) is 4. The Morgan fingerprint density at radius 1 is 0.569 bits per heavy atom. The third-order valence-electron chi connectivity index (χ3n) is 8.50. The van der Waals surface area contributed by atoms with Crippen LogP contribution in [0.15, 0.2) is 48.5 Å². The predicted octanol–water partition coefficient (Wildman–Crippen LogP) is 6.22. The van der Waals surface area contributed by atoms with E-state index in [1.807, 2.05) is 36.4 Å². The largest absolute Gasteiger partial charge is 0.481 e. The Balaban J connectivity index is 1.69. The van der Waals surface area contributed by atoms with E-state index in [1.165, 1.54) is 14.7 Å². The van der Waals surface area contributed by atoms with Gasteiger partial charge in [-0.3, -0.25) is 9.59 Å². The van der Waals surface area contributed by atoms with Gasteiger partial charge < -0.3 is 49.4 Å². The molecule has 0 aliphatic heterocycles. The molecule has 2 aromatic rings. The number of rotatable bonds is 17. The van der Waals surface area contributed by atoms with Gasteiger partial charge in [-0.05, 0) is 84.6 Å². The minimum Gasteiger partial charge on any atom is -0.481 e. The number of amides is 5. The molecule has 0 unspecified atom stereocenters. The molecule has 0 heterocycles. The molecule has 0 saturated carbocycles. The van der Waals surface area contributed by atoms with Crippen molar-refractivity contribution in [3.8, 4) is 11.1 Å². The van der Waals surface area contributed by atoms with Gasteiger partial charge in [-0.2, -0.15) is 0 Å². The molecule has 16 heteroatoms. The zero-order chi connectivity index (χ0) is 43.3. The average Bonchev–Trinajstić information content (AvgIpc) is 3.42. The Bertz CT molecular complexity index is 1700. The summed E-state index contributed by atoms with van der Waals surface area (Å²) < 4.78 is 22.6. The highest BCUT2D eigenvalue weighted by atomic mass is 16.6. The van der Waals surface area contributed by atoms with Crippen LogP contribution in [0.4, 0.5) is 19.2 Å². The molecule has 3 N–H and O–H groups in total. The number of carbonyl (C=O) groups is 6. The Kier molecular flexibility index (Phi) is 16.8. The second kappa shape index (κ2) is 20.8. The van der Waals surface area contributed by atoms with Gasteiger partial charge in [0.05, 0.1) is 6.42 Å². The molecular formula is C42H61N5O11. The lowest BCUT2D eigenvalue weighted by Gasteiger charge is -2.33. The SMILES string of the molecule is CC(C)(C)OC(=O)N(CCNC(=O)CCC(=O)O)CCN(CCN(CCNC(=O)OCC1c2ccccc2-c2ccccc21)C(=O)OC(C)(C)C)C(=O)OC(C)(C)C. The van der Waals surface area contributed by atoms with Gasteiger partial charge in [-0.15, -0.1) is 0 Å². The summed E-state index contributed by atoms with van der Waals surface area (Å²) in [6.07, 6.45) is -3.26. The number of hydrogen-bond donors (Lipinski definition) is 3. The van der Waals surface area contributed by atoms with Crippen LogP contribution in [-0.2, 0) is 28.5 Å². The van der Waals surface area contributed by atoms with Crippen LogP contribution in [0.1, 0.15) is 92.2 Å². The third kappa shape index (κ3) is 16.1. The molecule has 0 aromatic heterocycles. The van der Waals surface area contributed by atoms with Crippen LogP contribution in [0.3, 0.4) is 0 Å². The van der Waals surface area contributed by atoms with Gasteiger partial charge in [0.1, 0.15) is 23.4 Å². The van der Waals surface area contributed by atoms with Crippen molar-refractivity contribution in [1.82, 2.24) is 25.3 Å².